The molecular weight excluding hydrogens is 192 g/mol. The van der Waals surface area contributed by atoms with Gasteiger partial charge in [0.2, 0.25) is 0 Å². The first-order chi connectivity index (χ1) is 7.06. The number of unbranched alkanes of at least 4 members (excludes halogenated alkanes) is 1. The fourth-order valence-corrected chi connectivity index (χ4v) is 1.37. The van der Waals surface area contributed by atoms with Crippen LogP contribution in [0.4, 0.5) is 0 Å². The summed E-state index contributed by atoms with van der Waals surface area (Å²) < 4.78 is 1.60. The van der Waals surface area contributed by atoms with Crippen LogP contribution in [-0.4, -0.2) is 20.9 Å². The van der Waals surface area contributed by atoms with Crippen LogP contribution >= 0.6 is 0 Å². The minimum atomic E-state index is -0.898. The Kier molecular flexibility index (Phi) is 3.88. The Bertz CT molecular complexity index is 342. The Morgan fingerprint density at radius 3 is 2.73 bits per heavy atom. The number of hydrogen-bond acceptors (Lipinski definition) is 2. The van der Waals surface area contributed by atoms with Crippen molar-refractivity contribution in [2.24, 2.45) is 0 Å². The van der Waals surface area contributed by atoms with Crippen LogP contribution in [-0.2, 0) is 6.54 Å². The van der Waals surface area contributed by atoms with Gasteiger partial charge in [0.15, 0.2) is 0 Å². The first-order valence-corrected chi connectivity index (χ1v) is 5.37. The molecule has 0 bridgehead atoms. The van der Waals surface area contributed by atoms with Gasteiger partial charge in [0, 0.05) is 6.54 Å². The number of aryl methyl sites for hydroxylation is 1. The van der Waals surface area contributed by atoms with Crippen LogP contribution in [0.25, 0.3) is 0 Å². The average Bonchev–Trinajstić information content (AvgIpc) is 2.58. The topological polar surface area (TPSA) is 55.1 Å². The van der Waals surface area contributed by atoms with Gasteiger partial charge in [-0.2, -0.15) is 5.10 Å². The maximum atomic E-state index is 11.0. The minimum absolute atomic E-state index is 0.269. The van der Waals surface area contributed by atoms with E-state index in [0.717, 1.165) is 18.5 Å². The van der Waals surface area contributed by atoms with Crippen LogP contribution in [0, 0.1) is 0 Å². The van der Waals surface area contributed by atoms with Gasteiger partial charge in [0.1, 0.15) is 5.69 Å². The second-order valence-electron chi connectivity index (χ2n) is 3.99. The number of carboxylic acid groups (broad SMARTS) is 1. The van der Waals surface area contributed by atoms with Crippen molar-refractivity contribution in [1.29, 1.82) is 0 Å². The molecule has 0 saturated carbocycles. The molecule has 0 spiro atoms. The molecule has 1 rings (SSSR count). The van der Waals surface area contributed by atoms with Crippen LogP contribution in [0.2, 0.25) is 0 Å². The van der Waals surface area contributed by atoms with E-state index in [1.165, 1.54) is 0 Å². The third-order valence-electron chi connectivity index (χ3n) is 2.33. The number of nitrogens with zero attached hydrogens (tertiary/aromatic N) is 2. The molecule has 0 aliphatic heterocycles. The molecule has 1 heterocycles. The smallest absolute Gasteiger partial charge is 0.354 e. The molecule has 1 N–H and O–H groups in total. The third-order valence-corrected chi connectivity index (χ3v) is 2.33. The molecule has 0 radical (unpaired) electrons. The SMILES string of the molecule is CCCCn1nc(C(C)C)cc1C(=O)O. The highest BCUT2D eigenvalue weighted by Gasteiger charge is 2.15. The number of aromatic carboxylic acids is 1. The van der Waals surface area contributed by atoms with E-state index in [-0.39, 0.29) is 5.92 Å². The fourth-order valence-electron chi connectivity index (χ4n) is 1.37. The molecule has 4 nitrogen and oxygen atoms in total. The summed E-state index contributed by atoms with van der Waals surface area (Å²) in [5, 5.41) is 13.3. The Morgan fingerprint density at radius 2 is 2.27 bits per heavy atom. The van der Waals surface area contributed by atoms with Crippen molar-refractivity contribution in [3.05, 3.63) is 17.5 Å². The third kappa shape index (κ3) is 2.81. The first-order valence-electron chi connectivity index (χ1n) is 5.37. The van der Waals surface area contributed by atoms with Crippen LogP contribution in [0.1, 0.15) is 55.7 Å². The Morgan fingerprint density at radius 1 is 1.60 bits per heavy atom. The van der Waals surface area contributed by atoms with E-state index in [9.17, 15) is 4.79 Å². The van der Waals surface area contributed by atoms with E-state index in [4.69, 9.17) is 5.11 Å². The molecule has 0 aliphatic carbocycles. The number of aromatic nitrogens is 2. The average molecular weight is 210 g/mol. The zero-order valence-corrected chi connectivity index (χ0v) is 9.53. The summed E-state index contributed by atoms with van der Waals surface area (Å²) in [4.78, 5) is 11.0. The predicted molar refractivity (Wildman–Crippen MR) is 58.2 cm³/mol. The van der Waals surface area contributed by atoms with E-state index >= 15 is 0 Å². The second kappa shape index (κ2) is 4.96. The first kappa shape index (κ1) is 11.8. The zero-order valence-electron chi connectivity index (χ0n) is 9.53. The molecule has 4 heteroatoms. The van der Waals surface area contributed by atoms with Crippen molar-refractivity contribution >= 4 is 5.97 Å². The Labute approximate surface area is 89.9 Å². The summed E-state index contributed by atoms with van der Waals surface area (Å²) in [6, 6.07) is 1.67. The van der Waals surface area contributed by atoms with E-state index < -0.39 is 5.97 Å². The van der Waals surface area contributed by atoms with Gasteiger partial charge in [-0.1, -0.05) is 27.2 Å². The normalized spacial score (nSPS) is 10.9. The number of hydrogen-bond donors (Lipinski definition) is 1. The summed E-state index contributed by atoms with van der Waals surface area (Å²) in [5.41, 5.74) is 1.15. The Hall–Kier alpha value is -1.32. The van der Waals surface area contributed by atoms with Gasteiger partial charge < -0.3 is 5.11 Å². The zero-order chi connectivity index (χ0) is 11.4. The van der Waals surface area contributed by atoms with Gasteiger partial charge in [-0.05, 0) is 18.4 Å². The van der Waals surface area contributed by atoms with Crippen molar-refractivity contribution in [1.82, 2.24) is 9.78 Å². The molecule has 0 unspecified atom stereocenters. The summed E-state index contributed by atoms with van der Waals surface area (Å²) >= 11 is 0. The molecular formula is C11H18N2O2. The van der Waals surface area contributed by atoms with Gasteiger partial charge >= 0.3 is 5.97 Å². The van der Waals surface area contributed by atoms with Crippen LogP contribution in [0.3, 0.4) is 0 Å². The monoisotopic (exact) mass is 210 g/mol. The molecule has 15 heavy (non-hydrogen) atoms. The van der Waals surface area contributed by atoms with Gasteiger partial charge in [-0.3, -0.25) is 4.68 Å². The molecule has 0 saturated heterocycles. The van der Waals surface area contributed by atoms with E-state index in [1.807, 2.05) is 13.8 Å². The number of carboxylic acids is 1. The van der Waals surface area contributed by atoms with Crippen molar-refractivity contribution in [2.75, 3.05) is 0 Å². The van der Waals surface area contributed by atoms with Crippen molar-refractivity contribution in [3.63, 3.8) is 0 Å². The lowest BCUT2D eigenvalue weighted by molar-refractivity contribution is 0.0683. The van der Waals surface area contributed by atoms with Crippen LogP contribution in [0.5, 0.6) is 0 Å². The van der Waals surface area contributed by atoms with Crippen LogP contribution in [0.15, 0.2) is 6.07 Å². The quantitative estimate of drug-likeness (QED) is 0.812. The number of carbonyl (C=O) groups is 1. The molecule has 0 fully saturated rings. The maximum absolute atomic E-state index is 11.0. The van der Waals surface area contributed by atoms with Gasteiger partial charge in [0.25, 0.3) is 0 Å². The van der Waals surface area contributed by atoms with Crippen molar-refractivity contribution < 1.29 is 9.90 Å². The number of rotatable bonds is 5. The Balaban J connectivity index is 2.95. The largest absolute Gasteiger partial charge is 0.477 e. The summed E-state index contributed by atoms with van der Waals surface area (Å²) in [7, 11) is 0. The summed E-state index contributed by atoms with van der Waals surface area (Å²) in [6.45, 7) is 6.79. The summed E-state index contributed by atoms with van der Waals surface area (Å²) in [5.74, 6) is -0.628. The van der Waals surface area contributed by atoms with Gasteiger partial charge in [0.05, 0.1) is 5.69 Å². The predicted octanol–water partition coefficient (Wildman–Crippen LogP) is 2.50. The van der Waals surface area contributed by atoms with E-state index in [0.29, 0.717) is 12.2 Å². The maximum Gasteiger partial charge on any atom is 0.354 e. The van der Waals surface area contributed by atoms with Crippen molar-refractivity contribution in [3.8, 4) is 0 Å². The fraction of sp³-hybridized carbons (Fsp3) is 0.636. The van der Waals surface area contributed by atoms with E-state index in [1.54, 1.807) is 10.7 Å². The lowest BCUT2D eigenvalue weighted by Gasteiger charge is -2.02. The minimum Gasteiger partial charge on any atom is -0.477 e. The lowest BCUT2D eigenvalue weighted by atomic mass is 10.1. The molecule has 0 aromatic carbocycles. The molecule has 0 amide bonds. The molecule has 84 valence electrons. The molecule has 1 aromatic heterocycles. The summed E-state index contributed by atoms with van der Waals surface area (Å²) in [6.07, 6.45) is 2.00. The standard InChI is InChI=1S/C11H18N2O2/c1-4-5-6-13-10(11(14)15)7-9(12-13)8(2)3/h7-8H,4-6H2,1-3H3,(H,14,15). The second-order valence-corrected chi connectivity index (χ2v) is 3.99. The highest BCUT2D eigenvalue weighted by atomic mass is 16.4. The molecule has 1 aromatic rings. The highest BCUT2D eigenvalue weighted by Crippen LogP contribution is 2.15. The molecule has 0 atom stereocenters. The van der Waals surface area contributed by atoms with Crippen molar-refractivity contribution in [2.45, 2.75) is 46.1 Å². The van der Waals surface area contributed by atoms with Crippen LogP contribution < -0.4 is 0 Å². The highest BCUT2D eigenvalue weighted by molar-refractivity contribution is 5.85. The van der Waals surface area contributed by atoms with E-state index in [2.05, 4.69) is 12.0 Å². The lowest BCUT2D eigenvalue weighted by Crippen LogP contribution is -2.10. The van der Waals surface area contributed by atoms with Gasteiger partial charge in [-0.25, -0.2) is 4.79 Å². The molecule has 0 aliphatic rings. The van der Waals surface area contributed by atoms with Gasteiger partial charge in [-0.15, -0.1) is 0 Å².